The number of hydrogen-bond donors (Lipinski definition) is 1. The van der Waals surface area contributed by atoms with Crippen LogP contribution in [0.25, 0.3) is 0 Å². The number of carbonyl (C=O) groups excluding carboxylic acids is 1. The average Bonchev–Trinajstić information content (AvgIpc) is 3.07. The van der Waals surface area contributed by atoms with Crippen molar-refractivity contribution in [3.8, 4) is 5.75 Å². The third kappa shape index (κ3) is 3.66. The lowest BCUT2D eigenvalue weighted by atomic mass is 9.74. The molecule has 2 aromatic carbocycles. The van der Waals surface area contributed by atoms with Crippen LogP contribution in [0.4, 0.5) is 0 Å². The average molecular weight is 379 g/mol. The summed E-state index contributed by atoms with van der Waals surface area (Å²) in [7, 11) is 0. The van der Waals surface area contributed by atoms with Crippen LogP contribution in [-0.4, -0.2) is 30.5 Å². The van der Waals surface area contributed by atoms with Crippen molar-refractivity contribution in [2.24, 2.45) is 5.73 Å². The Bertz CT molecular complexity index is 836. The van der Waals surface area contributed by atoms with E-state index < -0.39 is 0 Å². The zero-order valence-electron chi connectivity index (χ0n) is 16.7. The third-order valence-corrected chi connectivity index (χ3v) is 6.35. The molecule has 28 heavy (non-hydrogen) atoms. The van der Waals surface area contributed by atoms with Crippen LogP contribution in [0.3, 0.4) is 0 Å². The Morgan fingerprint density at radius 2 is 1.75 bits per heavy atom. The molecule has 4 heteroatoms. The van der Waals surface area contributed by atoms with Crippen LogP contribution in [-0.2, 0) is 29.6 Å². The molecule has 1 amide bonds. The van der Waals surface area contributed by atoms with Gasteiger partial charge in [-0.3, -0.25) is 4.79 Å². The molecule has 1 saturated heterocycles. The predicted octanol–water partition coefficient (Wildman–Crippen LogP) is 3.59. The van der Waals surface area contributed by atoms with Gasteiger partial charge in [0.25, 0.3) is 0 Å². The summed E-state index contributed by atoms with van der Waals surface area (Å²) in [5.41, 5.74) is 10.8. The van der Waals surface area contributed by atoms with Crippen LogP contribution < -0.4 is 10.5 Å². The van der Waals surface area contributed by atoms with E-state index in [-0.39, 0.29) is 11.3 Å². The van der Waals surface area contributed by atoms with Crippen molar-refractivity contribution in [1.82, 2.24) is 4.90 Å². The summed E-state index contributed by atoms with van der Waals surface area (Å²) in [5.74, 6) is 1.22. The molecule has 0 bridgehead atoms. The van der Waals surface area contributed by atoms with Crippen molar-refractivity contribution in [3.05, 3.63) is 64.7 Å². The number of likely N-dealkylation sites (tertiary alicyclic amines) is 1. The maximum absolute atomic E-state index is 12.8. The standard InChI is InChI=1S/C24H30N2O2/c1-2-3-18-4-6-19(7-5-18)15-23(27)26-12-10-24(11-13-26)17-28-22-9-8-20(16-25)14-21(22)24/h4-9,14H,2-3,10-13,15-17,25H2,1H3. The van der Waals surface area contributed by atoms with Gasteiger partial charge in [-0.2, -0.15) is 0 Å². The van der Waals surface area contributed by atoms with E-state index >= 15 is 0 Å². The van der Waals surface area contributed by atoms with Crippen LogP contribution in [0, 0.1) is 0 Å². The van der Waals surface area contributed by atoms with Crippen LogP contribution in [0.2, 0.25) is 0 Å². The summed E-state index contributed by atoms with van der Waals surface area (Å²) in [4.78, 5) is 14.8. The maximum Gasteiger partial charge on any atom is 0.226 e. The number of aryl methyl sites for hydroxylation is 1. The van der Waals surface area contributed by atoms with E-state index in [0.29, 0.717) is 13.0 Å². The van der Waals surface area contributed by atoms with Gasteiger partial charge >= 0.3 is 0 Å². The first-order chi connectivity index (χ1) is 13.6. The topological polar surface area (TPSA) is 55.6 Å². The number of carbonyl (C=O) groups is 1. The van der Waals surface area contributed by atoms with Gasteiger partial charge < -0.3 is 15.4 Å². The Hall–Kier alpha value is -2.33. The van der Waals surface area contributed by atoms with E-state index in [1.807, 2.05) is 17.0 Å². The minimum absolute atomic E-state index is 0.0408. The lowest BCUT2D eigenvalue weighted by Gasteiger charge is -2.38. The minimum Gasteiger partial charge on any atom is -0.492 e. The molecular formula is C24H30N2O2. The van der Waals surface area contributed by atoms with Gasteiger partial charge in [0, 0.05) is 30.6 Å². The predicted molar refractivity (Wildman–Crippen MR) is 111 cm³/mol. The number of nitrogens with zero attached hydrogens (tertiary/aromatic N) is 1. The zero-order valence-corrected chi connectivity index (χ0v) is 16.7. The molecule has 0 saturated carbocycles. The Balaban J connectivity index is 1.39. The maximum atomic E-state index is 12.8. The highest BCUT2D eigenvalue weighted by atomic mass is 16.5. The second-order valence-corrected chi connectivity index (χ2v) is 8.23. The Morgan fingerprint density at radius 3 is 2.43 bits per heavy atom. The minimum atomic E-state index is 0.0408. The van der Waals surface area contributed by atoms with Gasteiger partial charge in [-0.1, -0.05) is 49.7 Å². The van der Waals surface area contributed by atoms with Crippen molar-refractivity contribution < 1.29 is 9.53 Å². The summed E-state index contributed by atoms with van der Waals surface area (Å²) in [6, 6.07) is 14.8. The number of benzene rings is 2. The molecule has 0 aromatic heterocycles. The van der Waals surface area contributed by atoms with Gasteiger partial charge in [-0.15, -0.1) is 0 Å². The van der Waals surface area contributed by atoms with Gasteiger partial charge in [-0.05, 0) is 42.0 Å². The van der Waals surface area contributed by atoms with E-state index in [1.165, 1.54) is 11.1 Å². The molecule has 2 aliphatic rings. The number of rotatable bonds is 5. The molecule has 2 heterocycles. The molecule has 4 rings (SSSR count). The molecule has 2 aliphatic heterocycles. The van der Waals surface area contributed by atoms with Crippen LogP contribution in [0.15, 0.2) is 42.5 Å². The highest BCUT2D eigenvalue weighted by Gasteiger charge is 2.43. The van der Waals surface area contributed by atoms with Gasteiger partial charge in [0.1, 0.15) is 5.75 Å². The van der Waals surface area contributed by atoms with E-state index in [0.717, 1.165) is 62.3 Å². The molecule has 1 spiro atoms. The Morgan fingerprint density at radius 1 is 1.07 bits per heavy atom. The molecule has 0 atom stereocenters. The fourth-order valence-corrected chi connectivity index (χ4v) is 4.53. The molecule has 148 valence electrons. The normalized spacial score (nSPS) is 17.4. The monoisotopic (exact) mass is 378 g/mol. The quantitative estimate of drug-likeness (QED) is 0.865. The molecule has 0 aliphatic carbocycles. The lowest BCUT2D eigenvalue weighted by molar-refractivity contribution is -0.132. The number of amides is 1. The number of ether oxygens (including phenoxy) is 1. The van der Waals surface area contributed by atoms with Crippen LogP contribution in [0.1, 0.15) is 48.4 Å². The molecule has 0 unspecified atom stereocenters. The molecule has 2 aromatic rings. The van der Waals surface area contributed by atoms with Crippen molar-refractivity contribution in [2.45, 2.75) is 51.0 Å². The van der Waals surface area contributed by atoms with Gasteiger partial charge in [0.2, 0.25) is 5.91 Å². The van der Waals surface area contributed by atoms with Gasteiger partial charge in [0.15, 0.2) is 0 Å². The SMILES string of the molecule is CCCc1ccc(CC(=O)N2CCC3(CC2)COc2ccc(CN)cc23)cc1. The van der Waals surface area contributed by atoms with Crippen molar-refractivity contribution in [1.29, 1.82) is 0 Å². The van der Waals surface area contributed by atoms with E-state index in [2.05, 4.69) is 37.3 Å². The first-order valence-corrected chi connectivity index (χ1v) is 10.5. The second kappa shape index (κ2) is 7.96. The van der Waals surface area contributed by atoms with Gasteiger partial charge in [-0.25, -0.2) is 0 Å². The van der Waals surface area contributed by atoms with E-state index in [1.54, 1.807) is 0 Å². The lowest BCUT2D eigenvalue weighted by Crippen LogP contribution is -2.46. The van der Waals surface area contributed by atoms with Crippen molar-refractivity contribution >= 4 is 5.91 Å². The number of piperidine rings is 1. The van der Waals surface area contributed by atoms with Crippen molar-refractivity contribution in [2.75, 3.05) is 19.7 Å². The molecule has 4 nitrogen and oxygen atoms in total. The van der Waals surface area contributed by atoms with E-state index in [4.69, 9.17) is 10.5 Å². The molecule has 2 N–H and O–H groups in total. The summed E-state index contributed by atoms with van der Waals surface area (Å²) in [6.45, 7) is 5.04. The Labute approximate surface area is 167 Å². The summed E-state index contributed by atoms with van der Waals surface area (Å²) < 4.78 is 5.97. The van der Waals surface area contributed by atoms with Crippen LogP contribution in [0.5, 0.6) is 5.75 Å². The van der Waals surface area contributed by atoms with Crippen LogP contribution >= 0.6 is 0 Å². The summed E-state index contributed by atoms with van der Waals surface area (Å²) in [5, 5.41) is 0. The number of nitrogens with two attached hydrogens (primary N) is 1. The first kappa shape index (κ1) is 19.0. The largest absolute Gasteiger partial charge is 0.492 e. The van der Waals surface area contributed by atoms with Gasteiger partial charge in [0.05, 0.1) is 13.0 Å². The molecule has 1 fully saturated rings. The molecular weight excluding hydrogens is 348 g/mol. The number of fused-ring (bicyclic) bond motifs is 2. The smallest absolute Gasteiger partial charge is 0.226 e. The second-order valence-electron chi connectivity index (χ2n) is 8.23. The Kier molecular flexibility index (Phi) is 5.40. The third-order valence-electron chi connectivity index (χ3n) is 6.35. The fraction of sp³-hybridized carbons (Fsp3) is 0.458. The number of hydrogen-bond acceptors (Lipinski definition) is 3. The van der Waals surface area contributed by atoms with Crippen molar-refractivity contribution in [3.63, 3.8) is 0 Å². The summed E-state index contributed by atoms with van der Waals surface area (Å²) >= 11 is 0. The zero-order chi connectivity index (χ0) is 19.6. The van der Waals surface area contributed by atoms with E-state index in [9.17, 15) is 4.79 Å². The summed E-state index contributed by atoms with van der Waals surface area (Å²) in [6.07, 6.45) is 4.64. The highest BCUT2D eigenvalue weighted by molar-refractivity contribution is 5.79. The highest BCUT2D eigenvalue weighted by Crippen LogP contribution is 2.45. The molecule has 0 radical (unpaired) electrons. The first-order valence-electron chi connectivity index (χ1n) is 10.5. The fourth-order valence-electron chi connectivity index (χ4n) is 4.53.